The van der Waals surface area contributed by atoms with Crippen molar-refractivity contribution in [3.05, 3.63) is 71.3 Å². The smallest absolute Gasteiger partial charge is 0.224 e. The molecule has 3 nitrogen and oxygen atoms in total. The van der Waals surface area contributed by atoms with Crippen LogP contribution in [0.4, 0.5) is 5.69 Å². The van der Waals surface area contributed by atoms with Crippen molar-refractivity contribution in [2.45, 2.75) is 26.2 Å². The third-order valence-corrected chi connectivity index (χ3v) is 4.18. The van der Waals surface area contributed by atoms with E-state index < -0.39 is 0 Å². The Morgan fingerprint density at radius 2 is 1.96 bits per heavy atom. The van der Waals surface area contributed by atoms with Gasteiger partial charge in [0.25, 0.3) is 0 Å². The van der Waals surface area contributed by atoms with Gasteiger partial charge in [-0.15, -0.1) is 0 Å². The van der Waals surface area contributed by atoms with Crippen molar-refractivity contribution >= 4 is 29.4 Å². The van der Waals surface area contributed by atoms with Crippen molar-refractivity contribution in [1.82, 2.24) is 5.32 Å². The van der Waals surface area contributed by atoms with E-state index in [9.17, 15) is 4.79 Å². The first kappa shape index (κ1) is 17.0. The molecule has 0 aliphatic carbocycles. The van der Waals surface area contributed by atoms with E-state index in [4.69, 9.17) is 0 Å². The minimum atomic E-state index is 0.0616. The van der Waals surface area contributed by atoms with Crippen molar-refractivity contribution in [1.29, 1.82) is 0 Å². The van der Waals surface area contributed by atoms with Crippen LogP contribution < -0.4 is 10.6 Å². The average Bonchev–Trinajstić information content (AvgIpc) is 3.15. The highest BCUT2D eigenvalue weighted by Crippen LogP contribution is 2.30. The number of anilines is 1. The van der Waals surface area contributed by atoms with Crippen LogP contribution in [0, 0.1) is 0 Å². The van der Waals surface area contributed by atoms with E-state index in [1.165, 1.54) is 0 Å². The largest absolute Gasteiger partial charge is 0.384 e. The molecule has 0 saturated heterocycles. The number of carbonyl (C=O) groups is 1. The lowest BCUT2D eigenvalue weighted by atomic mass is 10.0. The lowest BCUT2D eigenvalue weighted by Gasteiger charge is -2.15. The SMILES string of the molecule is CCCC(=O)Nc1cccc(/C=C/c2ccccc2)c1C1=CCCN1. The summed E-state index contributed by atoms with van der Waals surface area (Å²) in [6.45, 7) is 2.95. The van der Waals surface area contributed by atoms with Gasteiger partial charge in [0, 0.05) is 24.2 Å². The Kier molecular flexibility index (Phi) is 5.68. The van der Waals surface area contributed by atoms with Gasteiger partial charge in [0.05, 0.1) is 5.69 Å². The maximum Gasteiger partial charge on any atom is 0.224 e. The summed E-state index contributed by atoms with van der Waals surface area (Å²) in [7, 11) is 0. The van der Waals surface area contributed by atoms with Crippen LogP contribution in [-0.4, -0.2) is 12.5 Å². The number of benzene rings is 2. The number of hydrogen-bond donors (Lipinski definition) is 2. The molecule has 0 aromatic heterocycles. The quantitative estimate of drug-likeness (QED) is 0.736. The van der Waals surface area contributed by atoms with Crippen LogP contribution in [0.5, 0.6) is 0 Å². The first-order chi connectivity index (χ1) is 12.3. The minimum absolute atomic E-state index is 0.0616. The second-order valence-electron chi connectivity index (χ2n) is 6.15. The Morgan fingerprint density at radius 1 is 1.12 bits per heavy atom. The van der Waals surface area contributed by atoms with E-state index in [1.54, 1.807) is 0 Å². The van der Waals surface area contributed by atoms with Gasteiger partial charge in [0.2, 0.25) is 5.91 Å². The third-order valence-electron chi connectivity index (χ3n) is 4.18. The Bertz CT molecular complexity index is 791. The van der Waals surface area contributed by atoms with Crippen molar-refractivity contribution in [2.75, 3.05) is 11.9 Å². The van der Waals surface area contributed by atoms with Gasteiger partial charge in [-0.2, -0.15) is 0 Å². The molecule has 0 atom stereocenters. The molecular weight excluding hydrogens is 308 g/mol. The molecule has 2 aromatic carbocycles. The van der Waals surface area contributed by atoms with Gasteiger partial charge in [0.15, 0.2) is 0 Å². The van der Waals surface area contributed by atoms with Crippen molar-refractivity contribution in [3.63, 3.8) is 0 Å². The first-order valence-corrected chi connectivity index (χ1v) is 8.88. The van der Waals surface area contributed by atoms with Crippen LogP contribution in [0.25, 0.3) is 17.8 Å². The number of amides is 1. The number of hydrogen-bond acceptors (Lipinski definition) is 2. The maximum absolute atomic E-state index is 12.1. The number of rotatable bonds is 6. The van der Waals surface area contributed by atoms with Crippen molar-refractivity contribution in [2.24, 2.45) is 0 Å². The predicted molar refractivity (Wildman–Crippen MR) is 106 cm³/mol. The van der Waals surface area contributed by atoms with Crippen LogP contribution in [0.2, 0.25) is 0 Å². The van der Waals surface area contributed by atoms with Crippen LogP contribution in [0.3, 0.4) is 0 Å². The monoisotopic (exact) mass is 332 g/mol. The van der Waals surface area contributed by atoms with Crippen LogP contribution >= 0.6 is 0 Å². The van der Waals surface area contributed by atoms with Gasteiger partial charge in [-0.05, 0) is 30.0 Å². The minimum Gasteiger partial charge on any atom is -0.384 e. The molecule has 3 heteroatoms. The summed E-state index contributed by atoms with van der Waals surface area (Å²) < 4.78 is 0. The molecule has 1 aliphatic rings. The fraction of sp³-hybridized carbons (Fsp3) is 0.227. The summed E-state index contributed by atoms with van der Waals surface area (Å²) in [4.78, 5) is 12.1. The highest BCUT2D eigenvalue weighted by molar-refractivity contribution is 5.96. The molecule has 0 saturated carbocycles. The third kappa shape index (κ3) is 4.38. The molecule has 1 heterocycles. The number of nitrogens with one attached hydrogen (secondary N) is 2. The molecule has 1 amide bonds. The van der Waals surface area contributed by atoms with E-state index in [2.05, 4.69) is 47.1 Å². The van der Waals surface area contributed by atoms with Crippen molar-refractivity contribution in [3.8, 4) is 0 Å². The number of carbonyl (C=O) groups excluding carboxylic acids is 1. The standard InChI is InChI=1S/C22H24N2O/c1-2-8-21(25)24-20-12-6-11-18(22(20)19-13-7-16-23-19)15-14-17-9-4-3-5-10-17/h3-6,9-15,23H,2,7-8,16H2,1H3,(H,24,25)/b15-14+. The second kappa shape index (κ2) is 8.34. The van der Waals surface area contributed by atoms with Gasteiger partial charge in [-0.3, -0.25) is 4.79 Å². The molecule has 0 radical (unpaired) electrons. The molecule has 3 rings (SSSR count). The highest BCUT2D eigenvalue weighted by Gasteiger charge is 2.15. The summed E-state index contributed by atoms with van der Waals surface area (Å²) in [5.74, 6) is 0.0616. The average molecular weight is 332 g/mol. The summed E-state index contributed by atoms with van der Waals surface area (Å²) in [5, 5.41) is 6.51. The lowest BCUT2D eigenvalue weighted by Crippen LogP contribution is -2.15. The van der Waals surface area contributed by atoms with E-state index in [0.717, 1.165) is 47.5 Å². The molecule has 0 bridgehead atoms. The first-order valence-electron chi connectivity index (χ1n) is 8.88. The topological polar surface area (TPSA) is 41.1 Å². The fourth-order valence-corrected chi connectivity index (χ4v) is 2.99. The van der Waals surface area contributed by atoms with Crippen LogP contribution in [0.15, 0.2) is 54.6 Å². The summed E-state index contributed by atoms with van der Waals surface area (Å²) in [6, 6.07) is 16.3. The highest BCUT2D eigenvalue weighted by atomic mass is 16.1. The van der Waals surface area contributed by atoms with Gasteiger partial charge >= 0.3 is 0 Å². The zero-order valence-corrected chi connectivity index (χ0v) is 14.6. The molecule has 0 unspecified atom stereocenters. The normalized spacial score (nSPS) is 13.6. The molecule has 128 valence electrons. The zero-order valence-electron chi connectivity index (χ0n) is 14.6. The Hall–Kier alpha value is -2.81. The van der Waals surface area contributed by atoms with E-state index in [-0.39, 0.29) is 5.91 Å². The van der Waals surface area contributed by atoms with E-state index in [1.807, 2.05) is 37.3 Å². The molecule has 25 heavy (non-hydrogen) atoms. The summed E-state index contributed by atoms with van der Waals surface area (Å²) >= 11 is 0. The van der Waals surface area contributed by atoms with Gasteiger partial charge in [-0.25, -0.2) is 0 Å². The van der Waals surface area contributed by atoms with E-state index in [0.29, 0.717) is 6.42 Å². The van der Waals surface area contributed by atoms with E-state index >= 15 is 0 Å². The van der Waals surface area contributed by atoms with Gasteiger partial charge in [0.1, 0.15) is 0 Å². The predicted octanol–water partition coefficient (Wildman–Crippen LogP) is 4.93. The maximum atomic E-state index is 12.1. The van der Waals surface area contributed by atoms with Crippen LogP contribution in [-0.2, 0) is 4.79 Å². The zero-order chi connectivity index (χ0) is 17.5. The second-order valence-corrected chi connectivity index (χ2v) is 6.15. The molecule has 0 fully saturated rings. The van der Waals surface area contributed by atoms with Crippen LogP contribution in [0.1, 0.15) is 42.9 Å². The molecular formula is C22H24N2O. The van der Waals surface area contributed by atoms with Gasteiger partial charge < -0.3 is 10.6 Å². The molecule has 0 spiro atoms. The Morgan fingerprint density at radius 3 is 2.68 bits per heavy atom. The van der Waals surface area contributed by atoms with Gasteiger partial charge in [-0.1, -0.05) is 67.6 Å². The summed E-state index contributed by atoms with van der Waals surface area (Å²) in [5.41, 5.74) is 5.28. The molecule has 2 N–H and O–H groups in total. The Labute approximate surface area is 149 Å². The Balaban J connectivity index is 1.96. The summed E-state index contributed by atoms with van der Waals surface area (Å²) in [6.07, 6.45) is 8.80. The molecule has 1 aliphatic heterocycles. The molecule has 2 aromatic rings. The van der Waals surface area contributed by atoms with Crippen molar-refractivity contribution < 1.29 is 4.79 Å². The fourth-order valence-electron chi connectivity index (χ4n) is 2.99. The lowest BCUT2D eigenvalue weighted by molar-refractivity contribution is -0.116.